The van der Waals surface area contributed by atoms with E-state index in [1.165, 1.54) is 6.20 Å². The molecule has 1 atom stereocenters. The Morgan fingerprint density at radius 3 is 2.39 bits per heavy atom. The van der Waals surface area contributed by atoms with Crippen LogP contribution in [0.25, 0.3) is 0 Å². The molecule has 1 aromatic heterocycles. The zero-order valence-electron chi connectivity index (χ0n) is 20.4. The molecule has 188 valence electrons. The highest BCUT2D eigenvalue weighted by atomic mass is 16.5. The number of hydrogen-bond donors (Lipinski definition) is 5. The van der Waals surface area contributed by atoms with Gasteiger partial charge in [0.05, 0.1) is 18.3 Å². The topological polar surface area (TPSA) is 151 Å². The molecule has 0 saturated carbocycles. The maximum absolute atomic E-state index is 13.3. The number of amides is 2. The summed E-state index contributed by atoms with van der Waals surface area (Å²) in [6.07, 6.45) is 2.89. The highest BCUT2D eigenvalue weighted by Gasteiger charge is 2.23. The van der Waals surface area contributed by atoms with Crippen LogP contribution in [0.2, 0.25) is 0 Å². The number of ether oxygens (including phenoxy) is 2. The number of benzene rings is 2. The SMILES string of the molecule is CCOc1cc(C(Nc2ccc(C(=N)N)cc2)C(=O)NNC(=O)c2cccnc2)ccc1OC(C)C. The van der Waals surface area contributed by atoms with E-state index in [-0.39, 0.29) is 11.9 Å². The molecular formula is C26H30N6O4. The third-order valence-corrected chi connectivity index (χ3v) is 4.96. The van der Waals surface area contributed by atoms with Gasteiger partial charge in [-0.3, -0.25) is 30.8 Å². The minimum atomic E-state index is -0.908. The molecule has 10 nitrogen and oxygen atoms in total. The van der Waals surface area contributed by atoms with Crippen LogP contribution < -0.4 is 31.4 Å². The molecule has 0 fully saturated rings. The fraction of sp³-hybridized carbons (Fsp3) is 0.231. The monoisotopic (exact) mass is 490 g/mol. The quantitative estimate of drug-likeness (QED) is 0.166. The van der Waals surface area contributed by atoms with Crippen molar-refractivity contribution in [3.63, 3.8) is 0 Å². The zero-order chi connectivity index (χ0) is 26.1. The lowest BCUT2D eigenvalue weighted by Crippen LogP contribution is -2.45. The molecule has 0 aliphatic carbocycles. The minimum Gasteiger partial charge on any atom is -0.490 e. The smallest absolute Gasteiger partial charge is 0.271 e. The normalized spacial score (nSPS) is 11.3. The second-order valence-corrected chi connectivity index (χ2v) is 8.06. The van der Waals surface area contributed by atoms with Crippen molar-refractivity contribution in [2.75, 3.05) is 11.9 Å². The molecular weight excluding hydrogens is 460 g/mol. The minimum absolute atomic E-state index is 0.0592. The van der Waals surface area contributed by atoms with Crippen LogP contribution >= 0.6 is 0 Å². The Morgan fingerprint density at radius 1 is 1.03 bits per heavy atom. The summed E-state index contributed by atoms with van der Waals surface area (Å²) >= 11 is 0. The van der Waals surface area contributed by atoms with Crippen LogP contribution in [-0.2, 0) is 4.79 Å². The first-order valence-electron chi connectivity index (χ1n) is 11.4. The Labute approximate surface area is 209 Å². The summed E-state index contributed by atoms with van der Waals surface area (Å²) in [5.74, 6) is -0.0179. The van der Waals surface area contributed by atoms with Gasteiger partial charge in [0, 0.05) is 23.6 Å². The second kappa shape index (κ2) is 12.2. The number of nitrogens with zero attached hydrogens (tertiary/aromatic N) is 1. The van der Waals surface area contributed by atoms with E-state index in [0.717, 1.165) is 0 Å². The van der Waals surface area contributed by atoms with Gasteiger partial charge in [0.1, 0.15) is 11.9 Å². The van der Waals surface area contributed by atoms with E-state index in [4.69, 9.17) is 20.6 Å². The molecule has 0 aliphatic heterocycles. The summed E-state index contributed by atoms with van der Waals surface area (Å²) in [4.78, 5) is 29.6. The van der Waals surface area contributed by atoms with Gasteiger partial charge >= 0.3 is 0 Å². The lowest BCUT2D eigenvalue weighted by molar-refractivity contribution is -0.122. The van der Waals surface area contributed by atoms with Crippen molar-refractivity contribution in [1.82, 2.24) is 15.8 Å². The third kappa shape index (κ3) is 6.95. The number of nitrogen functional groups attached to an aromatic ring is 1. The predicted octanol–water partition coefficient (Wildman–Crippen LogP) is 3.17. The molecule has 0 radical (unpaired) electrons. The predicted molar refractivity (Wildman–Crippen MR) is 137 cm³/mol. The Kier molecular flexibility index (Phi) is 8.82. The number of pyridine rings is 1. The van der Waals surface area contributed by atoms with Gasteiger partial charge in [0.25, 0.3) is 11.8 Å². The molecule has 3 rings (SSSR count). The summed E-state index contributed by atoms with van der Waals surface area (Å²) in [5.41, 5.74) is 12.5. The summed E-state index contributed by atoms with van der Waals surface area (Å²) in [6, 6.07) is 14.3. The number of hydrogen-bond acceptors (Lipinski definition) is 7. The standard InChI is InChI=1S/C26H30N6O4/c1-4-35-22-14-18(9-12-21(22)36-16(2)3)23(30-20-10-7-17(8-11-20)24(27)28)26(34)32-31-25(33)19-6-5-13-29-15-19/h5-16,23,30H,4H2,1-3H3,(H3,27,28)(H,31,33)(H,32,34). The van der Waals surface area contributed by atoms with Crippen LogP contribution in [0, 0.1) is 5.41 Å². The molecule has 0 saturated heterocycles. The zero-order valence-corrected chi connectivity index (χ0v) is 20.4. The number of hydrazine groups is 1. The first-order chi connectivity index (χ1) is 17.3. The Bertz CT molecular complexity index is 1200. The van der Waals surface area contributed by atoms with Crippen LogP contribution in [0.4, 0.5) is 5.69 Å². The van der Waals surface area contributed by atoms with Crippen molar-refractivity contribution >= 4 is 23.3 Å². The van der Waals surface area contributed by atoms with Crippen molar-refractivity contribution in [3.8, 4) is 11.5 Å². The highest BCUT2D eigenvalue weighted by molar-refractivity contribution is 5.96. The number of aromatic nitrogens is 1. The molecule has 6 N–H and O–H groups in total. The molecule has 2 amide bonds. The van der Waals surface area contributed by atoms with Crippen LogP contribution in [0.3, 0.4) is 0 Å². The van der Waals surface area contributed by atoms with Gasteiger partial charge in [-0.15, -0.1) is 0 Å². The van der Waals surface area contributed by atoms with Crippen molar-refractivity contribution in [3.05, 3.63) is 83.7 Å². The van der Waals surface area contributed by atoms with Crippen LogP contribution in [-0.4, -0.2) is 35.3 Å². The van der Waals surface area contributed by atoms with Crippen LogP contribution in [0.1, 0.15) is 48.3 Å². The lowest BCUT2D eigenvalue weighted by Gasteiger charge is -2.22. The molecule has 10 heteroatoms. The van der Waals surface area contributed by atoms with E-state index < -0.39 is 17.9 Å². The van der Waals surface area contributed by atoms with Crippen molar-refractivity contribution in [2.24, 2.45) is 5.73 Å². The van der Waals surface area contributed by atoms with E-state index in [0.29, 0.717) is 40.5 Å². The first-order valence-corrected chi connectivity index (χ1v) is 11.4. The number of carbonyl (C=O) groups is 2. The van der Waals surface area contributed by atoms with Crippen molar-refractivity contribution in [2.45, 2.75) is 32.9 Å². The molecule has 0 spiro atoms. The highest BCUT2D eigenvalue weighted by Crippen LogP contribution is 2.32. The molecule has 1 heterocycles. The molecule has 2 aromatic carbocycles. The van der Waals surface area contributed by atoms with Gasteiger partial charge < -0.3 is 20.5 Å². The average Bonchev–Trinajstić information content (AvgIpc) is 2.87. The van der Waals surface area contributed by atoms with E-state index >= 15 is 0 Å². The largest absolute Gasteiger partial charge is 0.490 e. The second-order valence-electron chi connectivity index (χ2n) is 8.06. The van der Waals surface area contributed by atoms with Gasteiger partial charge in [-0.2, -0.15) is 0 Å². The van der Waals surface area contributed by atoms with Gasteiger partial charge in [-0.25, -0.2) is 0 Å². The molecule has 0 bridgehead atoms. The molecule has 1 unspecified atom stereocenters. The van der Waals surface area contributed by atoms with E-state index in [2.05, 4.69) is 21.2 Å². The van der Waals surface area contributed by atoms with Gasteiger partial charge in [-0.05, 0) is 74.9 Å². The number of nitrogens with one attached hydrogen (secondary N) is 4. The fourth-order valence-electron chi connectivity index (χ4n) is 3.30. The number of carbonyl (C=O) groups excluding carboxylic acids is 2. The Balaban J connectivity index is 1.88. The number of nitrogens with two attached hydrogens (primary N) is 1. The van der Waals surface area contributed by atoms with Crippen LogP contribution in [0.15, 0.2) is 67.0 Å². The Hall–Kier alpha value is -4.60. The summed E-state index contributed by atoms with van der Waals surface area (Å²) in [5, 5.41) is 10.7. The summed E-state index contributed by atoms with van der Waals surface area (Å²) in [6.45, 7) is 6.10. The van der Waals surface area contributed by atoms with Gasteiger partial charge in [-0.1, -0.05) is 6.07 Å². The molecule has 36 heavy (non-hydrogen) atoms. The van der Waals surface area contributed by atoms with E-state index in [1.54, 1.807) is 60.8 Å². The van der Waals surface area contributed by atoms with E-state index in [1.807, 2.05) is 20.8 Å². The fourth-order valence-corrected chi connectivity index (χ4v) is 3.30. The maximum Gasteiger partial charge on any atom is 0.271 e. The van der Waals surface area contributed by atoms with Gasteiger partial charge in [0.2, 0.25) is 0 Å². The Morgan fingerprint density at radius 2 is 1.78 bits per heavy atom. The molecule has 3 aromatic rings. The maximum atomic E-state index is 13.3. The summed E-state index contributed by atoms with van der Waals surface area (Å²) in [7, 11) is 0. The lowest BCUT2D eigenvalue weighted by atomic mass is 10.0. The number of anilines is 1. The van der Waals surface area contributed by atoms with E-state index in [9.17, 15) is 9.59 Å². The summed E-state index contributed by atoms with van der Waals surface area (Å²) < 4.78 is 11.6. The average molecular weight is 491 g/mol. The third-order valence-electron chi connectivity index (χ3n) is 4.96. The number of rotatable bonds is 10. The van der Waals surface area contributed by atoms with Gasteiger partial charge in [0.15, 0.2) is 11.5 Å². The van der Waals surface area contributed by atoms with Crippen LogP contribution in [0.5, 0.6) is 11.5 Å². The van der Waals surface area contributed by atoms with Crippen molar-refractivity contribution < 1.29 is 19.1 Å². The molecule has 0 aliphatic rings. The number of amidine groups is 1. The van der Waals surface area contributed by atoms with Crippen molar-refractivity contribution in [1.29, 1.82) is 5.41 Å². The first kappa shape index (κ1) is 26.0.